The molecule has 5 rings (SSSR count). The number of thioether (sulfide) groups is 1. The predicted molar refractivity (Wildman–Crippen MR) is 146 cm³/mol. The number of ether oxygens (including phenoxy) is 2. The standard InChI is InChI=1S/C28H25N3O5S2/c1-35-22-11-7-19(8-12-22)16-36-28(34)25-20(9-10-21-13-14-38-30-21)17-37-27-24(26(33)31(25)27)29-23(32)15-18-5-3-2-4-6-18/h2-14,24,27H,15-17H2,1H3,(H,29,32)/t24-,27-/m1/s1. The van der Waals surface area contributed by atoms with E-state index in [1.165, 1.54) is 28.2 Å². The molecule has 2 aliphatic heterocycles. The van der Waals surface area contributed by atoms with Crippen molar-refractivity contribution < 1.29 is 23.9 Å². The molecule has 2 amide bonds. The van der Waals surface area contributed by atoms with Crippen molar-refractivity contribution in [1.82, 2.24) is 14.6 Å². The number of hydrogen-bond donors (Lipinski definition) is 1. The number of nitrogens with zero attached hydrogens (tertiary/aromatic N) is 2. The molecule has 0 aliphatic carbocycles. The molecule has 1 fully saturated rings. The minimum Gasteiger partial charge on any atom is -0.497 e. The van der Waals surface area contributed by atoms with Gasteiger partial charge in [-0.3, -0.25) is 14.5 Å². The fourth-order valence-corrected chi connectivity index (χ4v) is 6.02. The molecule has 1 N–H and O–H groups in total. The summed E-state index contributed by atoms with van der Waals surface area (Å²) in [7, 11) is 1.58. The molecule has 3 aromatic rings. The molecule has 194 valence electrons. The Morgan fingerprint density at radius 3 is 2.58 bits per heavy atom. The molecule has 10 heteroatoms. The third kappa shape index (κ3) is 5.66. The fourth-order valence-electron chi connectivity index (χ4n) is 4.20. The molecular formula is C28H25N3O5S2. The van der Waals surface area contributed by atoms with Crippen LogP contribution in [0.15, 0.2) is 83.4 Å². The van der Waals surface area contributed by atoms with Gasteiger partial charge in [-0.25, -0.2) is 4.79 Å². The van der Waals surface area contributed by atoms with E-state index in [-0.39, 0.29) is 35.9 Å². The Balaban J connectivity index is 1.32. The van der Waals surface area contributed by atoms with Crippen molar-refractivity contribution in [2.45, 2.75) is 24.4 Å². The van der Waals surface area contributed by atoms with Crippen LogP contribution in [0.2, 0.25) is 0 Å². The van der Waals surface area contributed by atoms with Gasteiger partial charge in [0.2, 0.25) is 5.91 Å². The number of β-lactam (4-membered cyclic amide) rings is 1. The quantitative estimate of drug-likeness (QED) is 0.321. The van der Waals surface area contributed by atoms with E-state index in [1.54, 1.807) is 25.3 Å². The van der Waals surface area contributed by atoms with Crippen LogP contribution in [0.25, 0.3) is 6.08 Å². The van der Waals surface area contributed by atoms with Crippen molar-refractivity contribution in [1.29, 1.82) is 0 Å². The number of amides is 2. The van der Waals surface area contributed by atoms with Gasteiger partial charge < -0.3 is 14.8 Å². The number of aromatic nitrogens is 1. The SMILES string of the molecule is COc1ccc(COC(=O)C2=C(C=Cc3ccsn3)CS[C@@H]3[C@H](NC(=O)Cc4ccccc4)C(=O)N23)cc1. The number of hydrogen-bond acceptors (Lipinski definition) is 8. The third-order valence-electron chi connectivity index (χ3n) is 6.16. The molecule has 2 aliphatic rings. The average Bonchev–Trinajstić information content (AvgIpc) is 3.47. The highest BCUT2D eigenvalue weighted by Crippen LogP contribution is 2.41. The van der Waals surface area contributed by atoms with Crippen molar-refractivity contribution >= 4 is 47.2 Å². The number of fused-ring (bicyclic) bond motifs is 1. The maximum absolute atomic E-state index is 13.3. The van der Waals surface area contributed by atoms with Gasteiger partial charge in [-0.15, -0.1) is 11.8 Å². The van der Waals surface area contributed by atoms with Gasteiger partial charge in [-0.2, -0.15) is 4.37 Å². The van der Waals surface area contributed by atoms with Crippen LogP contribution in [0.4, 0.5) is 0 Å². The summed E-state index contributed by atoms with van der Waals surface area (Å²) in [4.78, 5) is 40.6. The van der Waals surface area contributed by atoms with Crippen LogP contribution in [0.3, 0.4) is 0 Å². The number of benzene rings is 2. The number of carbonyl (C=O) groups is 3. The van der Waals surface area contributed by atoms with Crippen LogP contribution in [0.5, 0.6) is 5.75 Å². The summed E-state index contributed by atoms with van der Waals surface area (Å²) in [5.41, 5.74) is 3.29. The van der Waals surface area contributed by atoms with Crippen molar-refractivity contribution in [2.24, 2.45) is 0 Å². The van der Waals surface area contributed by atoms with Crippen molar-refractivity contribution in [2.75, 3.05) is 12.9 Å². The topological polar surface area (TPSA) is 97.8 Å². The van der Waals surface area contributed by atoms with Gasteiger partial charge in [0.1, 0.15) is 29.5 Å². The maximum atomic E-state index is 13.3. The lowest BCUT2D eigenvalue weighted by atomic mass is 10.0. The molecular weight excluding hydrogens is 522 g/mol. The minimum absolute atomic E-state index is 0.0481. The van der Waals surface area contributed by atoms with Crippen LogP contribution in [0, 0.1) is 0 Å². The first-order valence-corrected chi connectivity index (χ1v) is 13.8. The highest BCUT2D eigenvalue weighted by Gasteiger charge is 2.54. The number of methoxy groups -OCH3 is 1. The number of nitrogens with one attached hydrogen (secondary N) is 1. The Bertz CT molecular complexity index is 1370. The third-order valence-corrected chi connectivity index (χ3v) is 8.03. The van der Waals surface area contributed by atoms with Gasteiger partial charge >= 0.3 is 5.97 Å². The number of allylic oxidation sites excluding steroid dienone is 1. The van der Waals surface area contributed by atoms with Crippen LogP contribution in [-0.4, -0.2) is 51.3 Å². The Hall–Kier alpha value is -3.89. The van der Waals surface area contributed by atoms with Gasteiger partial charge in [0.15, 0.2) is 0 Å². The minimum atomic E-state index is -0.704. The molecule has 2 aromatic carbocycles. The molecule has 0 radical (unpaired) electrons. The molecule has 0 bridgehead atoms. The first kappa shape index (κ1) is 25.7. The second kappa shape index (κ2) is 11.7. The van der Waals surface area contributed by atoms with E-state index >= 15 is 0 Å². The van der Waals surface area contributed by atoms with Gasteiger partial charge in [0.05, 0.1) is 19.2 Å². The normalized spacial score (nSPS) is 18.7. The second-order valence-corrected chi connectivity index (χ2v) is 10.4. The molecule has 2 atom stereocenters. The van der Waals surface area contributed by atoms with Crippen LogP contribution in [-0.2, 0) is 32.1 Å². The molecule has 3 heterocycles. The maximum Gasteiger partial charge on any atom is 0.355 e. The predicted octanol–water partition coefficient (Wildman–Crippen LogP) is 3.81. The summed E-state index contributed by atoms with van der Waals surface area (Å²) in [6.45, 7) is 0.0481. The highest BCUT2D eigenvalue weighted by atomic mass is 32.2. The number of carbonyl (C=O) groups excluding carboxylic acids is 3. The largest absolute Gasteiger partial charge is 0.497 e. The van der Waals surface area contributed by atoms with Gasteiger partial charge in [-0.1, -0.05) is 48.5 Å². The van der Waals surface area contributed by atoms with E-state index in [0.29, 0.717) is 17.1 Å². The van der Waals surface area contributed by atoms with Crippen LogP contribution in [0.1, 0.15) is 16.8 Å². The lowest BCUT2D eigenvalue weighted by Gasteiger charge is -2.49. The molecule has 38 heavy (non-hydrogen) atoms. The van der Waals surface area contributed by atoms with E-state index in [2.05, 4.69) is 9.69 Å². The summed E-state index contributed by atoms with van der Waals surface area (Å²) < 4.78 is 15.1. The van der Waals surface area contributed by atoms with Gasteiger partial charge in [0, 0.05) is 11.1 Å². The first-order valence-electron chi connectivity index (χ1n) is 11.9. The summed E-state index contributed by atoms with van der Waals surface area (Å²) in [6.07, 6.45) is 3.79. The summed E-state index contributed by atoms with van der Waals surface area (Å²) >= 11 is 2.83. The lowest BCUT2D eigenvalue weighted by Crippen LogP contribution is -2.70. The van der Waals surface area contributed by atoms with E-state index < -0.39 is 12.0 Å². The fraction of sp³-hybridized carbons (Fsp3) is 0.214. The van der Waals surface area contributed by atoms with Crippen LogP contribution < -0.4 is 10.1 Å². The first-order chi connectivity index (χ1) is 18.5. The average molecular weight is 548 g/mol. The van der Waals surface area contributed by atoms with E-state index in [4.69, 9.17) is 9.47 Å². The monoisotopic (exact) mass is 547 g/mol. The Morgan fingerprint density at radius 1 is 1.08 bits per heavy atom. The lowest BCUT2D eigenvalue weighted by molar-refractivity contribution is -0.153. The van der Waals surface area contributed by atoms with E-state index in [0.717, 1.165) is 16.8 Å². The van der Waals surface area contributed by atoms with Gasteiger partial charge in [0.25, 0.3) is 5.91 Å². The number of rotatable bonds is 9. The van der Waals surface area contributed by atoms with E-state index in [1.807, 2.05) is 60.0 Å². The summed E-state index contributed by atoms with van der Waals surface area (Å²) in [5, 5.41) is 4.33. The second-order valence-electron chi connectivity index (χ2n) is 8.67. The van der Waals surface area contributed by atoms with Crippen LogP contribution >= 0.6 is 23.3 Å². The number of esters is 1. The molecule has 1 aromatic heterocycles. The smallest absolute Gasteiger partial charge is 0.355 e. The summed E-state index contributed by atoms with van der Waals surface area (Å²) in [6, 6.07) is 17.7. The zero-order valence-corrected chi connectivity index (χ0v) is 22.2. The van der Waals surface area contributed by atoms with Crippen molar-refractivity contribution in [3.63, 3.8) is 0 Å². The Labute approximate surface area is 228 Å². The molecule has 0 unspecified atom stereocenters. The molecule has 8 nitrogen and oxygen atoms in total. The van der Waals surface area contributed by atoms with E-state index in [9.17, 15) is 14.4 Å². The Morgan fingerprint density at radius 2 is 1.87 bits per heavy atom. The van der Waals surface area contributed by atoms with Gasteiger partial charge in [-0.05, 0) is 52.5 Å². The molecule has 0 saturated carbocycles. The zero-order valence-electron chi connectivity index (χ0n) is 20.5. The summed E-state index contributed by atoms with van der Waals surface area (Å²) in [5.74, 6) is 0.0196. The zero-order chi connectivity index (χ0) is 26.5. The highest BCUT2D eigenvalue weighted by molar-refractivity contribution is 8.00. The van der Waals surface area contributed by atoms with Crippen molar-refractivity contribution in [3.8, 4) is 5.75 Å². The molecule has 0 spiro atoms. The molecule has 1 saturated heterocycles. The van der Waals surface area contributed by atoms with Crippen molar-refractivity contribution in [3.05, 3.63) is 100 Å². The Kier molecular flexibility index (Phi) is 7.90.